The molecule has 1 saturated heterocycles. The second-order valence-electron chi connectivity index (χ2n) is 6.39. The Kier molecular flexibility index (Phi) is 5.85. The highest BCUT2D eigenvalue weighted by molar-refractivity contribution is 5.67. The predicted octanol–water partition coefficient (Wildman–Crippen LogP) is 2.16. The summed E-state index contributed by atoms with van der Waals surface area (Å²) in [6.45, 7) is 3.55. The van der Waals surface area contributed by atoms with Crippen LogP contribution in [0.4, 0.5) is 4.79 Å². The highest BCUT2D eigenvalue weighted by Gasteiger charge is 2.23. The first-order valence-corrected chi connectivity index (χ1v) is 8.64. The molecule has 0 aliphatic carbocycles. The normalized spacial score (nSPS) is 20.3. The van der Waals surface area contributed by atoms with Gasteiger partial charge in [0.15, 0.2) is 0 Å². The number of nitrogens with one attached hydrogen (secondary N) is 2. The zero-order chi connectivity index (χ0) is 16.6. The van der Waals surface area contributed by atoms with E-state index in [1.807, 2.05) is 30.3 Å². The summed E-state index contributed by atoms with van der Waals surface area (Å²) in [5.74, 6) is 0. The second-order valence-corrected chi connectivity index (χ2v) is 6.39. The molecule has 24 heavy (non-hydrogen) atoms. The lowest BCUT2D eigenvalue weighted by atomic mass is 10.0. The average Bonchev–Trinajstić information content (AvgIpc) is 2.63. The smallest absolute Gasteiger partial charge is 0.407 e. The van der Waals surface area contributed by atoms with Crippen molar-refractivity contribution in [1.82, 2.24) is 5.32 Å². The number of rotatable bonds is 5. The molecular weight excluding hydrogens is 300 g/mol. The highest BCUT2D eigenvalue weighted by Crippen LogP contribution is 2.04. The van der Waals surface area contributed by atoms with E-state index in [9.17, 15) is 4.79 Å². The van der Waals surface area contributed by atoms with Gasteiger partial charge in [0.05, 0.1) is 13.1 Å². The van der Waals surface area contributed by atoms with E-state index in [0.717, 1.165) is 38.0 Å². The van der Waals surface area contributed by atoms with Crippen molar-refractivity contribution in [3.8, 4) is 0 Å². The quantitative estimate of drug-likeness (QED) is 0.885. The molecule has 1 fully saturated rings. The van der Waals surface area contributed by atoms with Gasteiger partial charge in [0.25, 0.3) is 0 Å². The van der Waals surface area contributed by atoms with Crippen molar-refractivity contribution < 1.29 is 14.4 Å². The van der Waals surface area contributed by atoms with E-state index in [1.165, 1.54) is 5.56 Å². The SMILES string of the molecule is O=C(NC1CC[NH+](Cc2ccccc2)CC1)OCc1ccccc1. The van der Waals surface area contributed by atoms with Crippen LogP contribution in [0.3, 0.4) is 0 Å². The Labute approximate surface area is 143 Å². The third kappa shape index (κ3) is 5.10. The maximum absolute atomic E-state index is 11.9. The lowest BCUT2D eigenvalue weighted by molar-refractivity contribution is -0.918. The number of likely N-dealkylation sites (tertiary alicyclic amines) is 1. The van der Waals surface area contributed by atoms with E-state index in [4.69, 9.17) is 4.74 Å². The summed E-state index contributed by atoms with van der Waals surface area (Å²) in [5.41, 5.74) is 2.39. The number of carbonyl (C=O) groups excluding carboxylic acids is 1. The van der Waals surface area contributed by atoms with Gasteiger partial charge in [0.2, 0.25) is 0 Å². The van der Waals surface area contributed by atoms with Gasteiger partial charge in [-0.25, -0.2) is 4.79 Å². The van der Waals surface area contributed by atoms with Gasteiger partial charge in [-0.2, -0.15) is 0 Å². The second kappa shape index (κ2) is 8.50. The molecular formula is C20H25N2O2+. The number of ether oxygens (including phenoxy) is 1. The summed E-state index contributed by atoms with van der Waals surface area (Å²) in [7, 11) is 0. The van der Waals surface area contributed by atoms with Crippen LogP contribution in [0.2, 0.25) is 0 Å². The molecule has 126 valence electrons. The maximum Gasteiger partial charge on any atom is 0.407 e. The van der Waals surface area contributed by atoms with Gasteiger partial charge in [0.1, 0.15) is 13.2 Å². The molecule has 1 aliphatic heterocycles. The van der Waals surface area contributed by atoms with Crippen LogP contribution in [0.1, 0.15) is 24.0 Å². The number of quaternary nitrogens is 1. The minimum absolute atomic E-state index is 0.229. The molecule has 0 bridgehead atoms. The van der Waals surface area contributed by atoms with Crippen molar-refractivity contribution in [3.05, 3.63) is 71.8 Å². The van der Waals surface area contributed by atoms with Crippen LogP contribution >= 0.6 is 0 Å². The van der Waals surface area contributed by atoms with E-state index in [2.05, 4.69) is 35.6 Å². The molecule has 4 nitrogen and oxygen atoms in total. The number of hydrogen-bond acceptors (Lipinski definition) is 2. The van der Waals surface area contributed by atoms with Gasteiger partial charge in [-0.15, -0.1) is 0 Å². The van der Waals surface area contributed by atoms with Crippen molar-refractivity contribution in [2.45, 2.75) is 32.0 Å². The summed E-state index contributed by atoms with van der Waals surface area (Å²) in [4.78, 5) is 13.5. The molecule has 2 N–H and O–H groups in total. The first kappa shape index (κ1) is 16.5. The molecule has 0 aromatic heterocycles. The van der Waals surface area contributed by atoms with Crippen LogP contribution in [0.15, 0.2) is 60.7 Å². The lowest BCUT2D eigenvalue weighted by Gasteiger charge is -2.29. The Morgan fingerprint density at radius 1 is 0.958 bits per heavy atom. The van der Waals surface area contributed by atoms with Crippen LogP contribution in [0.25, 0.3) is 0 Å². The van der Waals surface area contributed by atoms with Crippen molar-refractivity contribution in [2.24, 2.45) is 0 Å². The minimum Gasteiger partial charge on any atom is -0.445 e. The maximum atomic E-state index is 11.9. The van der Waals surface area contributed by atoms with E-state index >= 15 is 0 Å². The van der Waals surface area contributed by atoms with Crippen molar-refractivity contribution >= 4 is 6.09 Å². The predicted molar refractivity (Wildman–Crippen MR) is 93.6 cm³/mol. The molecule has 0 saturated carbocycles. The molecule has 3 rings (SSSR count). The number of hydrogen-bond donors (Lipinski definition) is 2. The molecule has 1 amide bonds. The molecule has 0 atom stereocenters. The molecule has 1 heterocycles. The molecule has 2 aromatic carbocycles. The van der Waals surface area contributed by atoms with Crippen LogP contribution < -0.4 is 10.2 Å². The van der Waals surface area contributed by atoms with Crippen LogP contribution in [0, 0.1) is 0 Å². The molecule has 2 aromatic rings. The Hall–Kier alpha value is -2.33. The Morgan fingerprint density at radius 2 is 1.54 bits per heavy atom. The number of carbonyl (C=O) groups is 1. The van der Waals surface area contributed by atoms with E-state index < -0.39 is 0 Å². The zero-order valence-electron chi connectivity index (χ0n) is 13.9. The summed E-state index contributed by atoms with van der Waals surface area (Å²) in [6.07, 6.45) is 1.70. The van der Waals surface area contributed by atoms with E-state index in [0.29, 0.717) is 6.61 Å². The highest BCUT2D eigenvalue weighted by atomic mass is 16.5. The van der Waals surface area contributed by atoms with Gasteiger partial charge in [-0.3, -0.25) is 0 Å². The Morgan fingerprint density at radius 3 is 2.17 bits per heavy atom. The van der Waals surface area contributed by atoms with Crippen LogP contribution in [0.5, 0.6) is 0 Å². The van der Waals surface area contributed by atoms with Crippen molar-refractivity contribution in [3.63, 3.8) is 0 Å². The monoisotopic (exact) mass is 325 g/mol. The molecule has 4 heteroatoms. The van der Waals surface area contributed by atoms with Gasteiger partial charge in [-0.1, -0.05) is 60.7 Å². The first-order chi connectivity index (χ1) is 11.8. The van der Waals surface area contributed by atoms with Crippen LogP contribution in [-0.4, -0.2) is 25.2 Å². The summed E-state index contributed by atoms with van der Waals surface area (Å²) in [6, 6.07) is 20.6. The van der Waals surface area contributed by atoms with Crippen LogP contribution in [-0.2, 0) is 17.9 Å². The summed E-state index contributed by atoms with van der Waals surface area (Å²) < 4.78 is 5.30. The largest absolute Gasteiger partial charge is 0.445 e. The van der Waals surface area contributed by atoms with Crippen molar-refractivity contribution in [1.29, 1.82) is 0 Å². The fourth-order valence-corrected chi connectivity index (χ4v) is 3.16. The summed E-state index contributed by atoms with van der Waals surface area (Å²) in [5, 5.41) is 3.00. The van der Waals surface area contributed by atoms with Gasteiger partial charge >= 0.3 is 6.09 Å². The molecule has 0 unspecified atom stereocenters. The number of amides is 1. The zero-order valence-corrected chi connectivity index (χ0v) is 13.9. The van der Waals surface area contributed by atoms with Gasteiger partial charge in [-0.05, 0) is 5.56 Å². The third-order valence-electron chi connectivity index (χ3n) is 4.52. The summed E-state index contributed by atoms with van der Waals surface area (Å²) >= 11 is 0. The van der Waals surface area contributed by atoms with E-state index in [-0.39, 0.29) is 12.1 Å². The molecule has 0 radical (unpaired) electrons. The number of alkyl carbamates (subject to hydrolysis) is 1. The number of benzene rings is 2. The lowest BCUT2D eigenvalue weighted by Crippen LogP contribution is -3.12. The van der Waals surface area contributed by atoms with Gasteiger partial charge in [0, 0.05) is 24.4 Å². The first-order valence-electron chi connectivity index (χ1n) is 8.64. The van der Waals surface area contributed by atoms with Gasteiger partial charge < -0.3 is 15.0 Å². The number of piperidine rings is 1. The van der Waals surface area contributed by atoms with Crippen molar-refractivity contribution in [2.75, 3.05) is 13.1 Å². The Balaban J connectivity index is 1.36. The fourth-order valence-electron chi connectivity index (χ4n) is 3.16. The topological polar surface area (TPSA) is 42.8 Å². The standard InChI is InChI=1S/C20H24N2O2/c23-20(24-16-18-9-5-2-6-10-18)21-19-11-13-22(14-12-19)15-17-7-3-1-4-8-17/h1-10,19H,11-16H2,(H,21,23)/p+1. The van der Waals surface area contributed by atoms with E-state index in [1.54, 1.807) is 4.90 Å². The third-order valence-corrected chi connectivity index (χ3v) is 4.52. The molecule has 0 spiro atoms. The fraction of sp³-hybridized carbons (Fsp3) is 0.350. The Bertz CT molecular complexity index is 623. The molecule has 1 aliphatic rings. The minimum atomic E-state index is -0.310. The average molecular weight is 325 g/mol.